The molecule has 110 valence electrons. The molecule has 0 saturated carbocycles. The smallest absolute Gasteiger partial charge is 0.234 e. The number of hydrogen-bond acceptors (Lipinski definition) is 3. The molecule has 0 aliphatic rings. The molecular formula is C15H23N3O2. The summed E-state index contributed by atoms with van der Waals surface area (Å²) < 4.78 is 0. The standard InChI is InChI=1S/C15H23N3O2/c1-2-9-17-14(19)8-10-16-12-15(20)18-11-13-6-4-3-5-7-13/h3-7,16H,2,8-12H2,1H3,(H,17,19)(H,18,20). The Balaban J connectivity index is 2.04. The van der Waals surface area contributed by atoms with E-state index < -0.39 is 0 Å². The van der Waals surface area contributed by atoms with Crippen LogP contribution in [0.2, 0.25) is 0 Å². The van der Waals surface area contributed by atoms with Crippen molar-refractivity contribution in [3.05, 3.63) is 35.9 Å². The lowest BCUT2D eigenvalue weighted by Crippen LogP contribution is -2.35. The van der Waals surface area contributed by atoms with Crippen molar-refractivity contribution in [2.75, 3.05) is 19.6 Å². The van der Waals surface area contributed by atoms with Crippen LogP contribution in [0.3, 0.4) is 0 Å². The van der Waals surface area contributed by atoms with Gasteiger partial charge in [0.25, 0.3) is 0 Å². The summed E-state index contributed by atoms with van der Waals surface area (Å²) in [6, 6.07) is 9.75. The topological polar surface area (TPSA) is 70.2 Å². The van der Waals surface area contributed by atoms with Crippen LogP contribution in [0, 0.1) is 0 Å². The Bertz CT molecular complexity index is 407. The average Bonchev–Trinajstić information content (AvgIpc) is 2.48. The maximum Gasteiger partial charge on any atom is 0.234 e. The van der Waals surface area contributed by atoms with E-state index in [-0.39, 0.29) is 18.4 Å². The number of nitrogens with one attached hydrogen (secondary N) is 3. The molecule has 0 radical (unpaired) electrons. The van der Waals surface area contributed by atoms with Gasteiger partial charge < -0.3 is 16.0 Å². The second-order valence-electron chi connectivity index (χ2n) is 4.54. The summed E-state index contributed by atoms with van der Waals surface area (Å²) in [4.78, 5) is 22.9. The van der Waals surface area contributed by atoms with Gasteiger partial charge in [-0.3, -0.25) is 9.59 Å². The van der Waals surface area contributed by atoms with Gasteiger partial charge in [-0.1, -0.05) is 37.3 Å². The average molecular weight is 277 g/mol. The fourth-order valence-corrected chi connectivity index (χ4v) is 1.62. The zero-order valence-electron chi connectivity index (χ0n) is 11.9. The predicted octanol–water partition coefficient (Wildman–Crippen LogP) is 0.809. The van der Waals surface area contributed by atoms with Gasteiger partial charge in [0.15, 0.2) is 0 Å². The summed E-state index contributed by atoms with van der Waals surface area (Å²) in [6.07, 6.45) is 1.33. The van der Waals surface area contributed by atoms with Gasteiger partial charge in [0.1, 0.15) is 0 Å². The van der Waals surface area contributed by atoms with Crippen LogP contribution in [0.5, 0.6) is 0 Å². The molecule has 0 spiro atoms. The van der Waals surface area contributed by atoms with E-state index in [4.69, 9.17) is 0 Å². The van der Waals surface area contributed by atoms with Gasteiger partial charge in [-0.15, -0.1) is 0 Å². The molecule has 0 unspecified atom stereocenters. The molecule has 0 atom stereocenters. The highest BCUT2D eigenvalue weighted by molar-refractivity contribution is 5.78. The summed E-state index contributed by atoms with van der Waals surface area (Å²) in [5.41, 5.74) is 1.07. The second kappa shape index (κ2) is 9.97. The number of benzene rings is 1. The Kier molecular flexibility index (Phi) is 8.07. The third-order valence-corrected chi connectivity index (χ3v) is 2.72. The van der Waals surface area contributed by atoms with E-state index in [0.717, 1.165) is 12.0 Å². The fourth-order valence-electron chi connectivity index (χ4n) is 1.62. The van der Waals surface area contributed by atoms with E-state index >= 15 is 0 Å². The van der Waals surface area contributed by atoms with Gasteiger partial charge in [-0.05, 0) is 12.0 Å². The van der Waals surface area contributed by atoms with Crippen LogP contribution < -0.4 is 16.0 Å². The lowest BCUT2D eigenvalue weighted by Gasteiger charge is -2.07. The van der Waals surface area contributed by atoms with Gasteiger partial charge in [0.05, 0.1) is 6.54 Å². The molecule has 5 nitrogen and oxygen atoms in total. The third kappa shape index (κ3) is 7.53. The summed E-state index contributed by atoms with van der Waals surface area (Å²) in [5.74, 6) is -0.0492. The molecule has 1 aromatic rings. The van der Waals surface area contributed by atoms with Crippen LogP contribution in [0.15, 0.2) is 30.3 Å². The Labute approximate surface area is 120 Å². The van der Waals surface area contributed by atoms with E-state index in [1.165, 1.54) is 0 Å². The number of rotatable bonds is 9. The molecule has 3 N–H and O–H groups in total. The maximum atomic E-state index is 11.6. The minimum absolute atomic E-state index is 0.0176. The first-order chi connectivity index (χ1) is 9.72. The Morgan fingerprint density at radius 2 is 1.75 bits per heavy atom. The van der Waals surface area contributed by atoms with Crippen molar-refractivity contribution >= 4 is 11.8 Å². The third-order valence-electron chi connectivity index (χ3n) is 2.72. The van der Waals surface area contributed by atoms with Crippen molar-refractivity contribution in [3.63, 3.8) is 0 Å². The SMILES string of the molecule is CCCNC(=O)CCNCC(=O)NCc1ccccc1. The maximum absolute atomic E-state index is 11.6. The molecule has 0 aliphatic carbocycles. The molecule has 1 aromatic carbocycles. The summed E-state index contributed by atoms with van der Waals surface area (Å²) in [5, 5.41) is 8.56. The summed E-state index contributed by atoms with van der Waals surface area (Å²) >= 11 is 0. The molecule has 0 bridgehead atoms. The highest BCUT2D eigenvalue weighted by Crippen LogP contribution is 1.96. The molecule has 0 saturated heterocycles. The van der Waals surface area contributed by atoms with Crippen LogP contribution in [0.25, 0.3) is 0 Å². The summed E-state index contributed by atoms with van der Waals surface area (Å²) in [7, 11) is 0. The number of carbonyl (C=O) groups is 2. The van der Waals surface area contributed by atoms with Crippen LogP contribution in [-0.4, -0.2) is 31.4 Å². The van der Waals surface area contributed by atoms with Gasteiger partial charge in [0, 0.05) is 26.1 Å². The summed E-state index contributed by atoms with van der Waals surface area (Å²) in [6.45, 7) is 3.98. The number of carbonyl (C=O) groups excluding carboxylic acids is 2. The molecular weight excluding hydrogens is 254 g/mol. The first kappa shape index (κ1) is 16.2. The van der Waals surface area contributed by atoms with Gasteiger partial charge in [-0.25, -0.2) is 0 Å². The quantitative estimate of drug-likeness (QED) is 0.585. The van der Waals surface area contributed by atoms with E-state index in [0.29, 0.717) is 26.1 Å². The molecule has 0 fully saturated rings. The van der Waals surface area contributed by atoms with Crippen molar-refractivity contribution in [2.45, 2.75) is 26.3 Å². The molecule has 20 heavy (non-hydrogen) atoms. The van der Waals surface area contributed by atoms with E-state index in [1.807, 2.05) is 37.3 Å². The Morgan fingerprint density at radius 1 is 1.00 bits per heavy atom. The van der Waals surface area contributed by atoms with Crippen molar-refractivity contribution in [2.24, 2.45) is 0 Å². The molecule has 0 aliphatic heterocycles. The highest BCUT2D eigenvalue weighted by Gasteiger charge is 2.02. The molecule has 0 aromatic heterocycles. The number of amides is 2. The second-order valence-corrected chi connectivity index (χ2v) is 4.54. The first-order valence-corrected chi connectivity index (χ1v) is 7.00. The largest absolute Gasteiger partial charge is 0.356 e. The van der Waals surface area contributed by atoms with Crippen LogP contribution in [-0.2, 0) is 16.1 Å². The minimum Gasteiger partial charge on any atom is -0.356 e. The van der Waals surface area contributed by atoms with Gasteiger partial charge >= 0.3 is 0 Å². The van der Waals surface area contributed by atoms with Crippen molar-refractivity contribution < 1.29 is 9.59 Å². The van der Waals surface area contributed by atoms with Gasteiger partial charge in [0.2, 0.25) is 11.8 Å². The van der Waals surface area contributed by atoms with Crippen molar-refractivity contribution in [3.8, 4) is 0 Å². The Morgan fingerprint density at radius 3 is 2.45 bits per heavy atom. The molecule has 1 rings (SSSR count). The predicted molar refractivity (Wildman–Crippen MR) is 79.1 cm³/mol. The van der Waals surface area contributed by atoms with Crippen LogP contribution in [0.1, 0.15) is 25.3 Å². The van der Waals surface area contributed by atoms with Crippen LogP contribution in [0.4, 0.5) is 0 Å². The minimum atomic E-state index is -0.0668. The monoisotopic (exact) mass is 277 g/mol. The normalized spacial score (nSPS) is 10.1. The molecule has 5 heteroatoms. The van der Waals surface area contributed by atoms with Crippen molar-refractivity contribution in [1.29, 1.82) is 0 Å². The highest BCUT2D eigenvalue weighted by atomic mass is 16.2. The van der Waals surface area contributed by atoms with Crippen molar-refractivity contribution in [1.82, 2.24) is 16.0 Å². The fraction of sp³-hybridized carbons (Fsp3) is 0.467. The zero-order chi connectivity index (χ0) is 14.6. The lowest BCUT2D eigenvalue weighted by atomic mass is 10.2. The zero-order valence-corrected chi connectivity index (χ0v) is 11.9. The van der Waals surface area contributed by atoms with E-state index in [1.54, 1.807) is 0 Å². The van der Waals surface area contributed by atoms with Gasteiger partial charge in [-0.2, -0.15) is 0 Å². The molecule has 2 amide bonds. The number of hydrogen-bond donors (Lipinski definition) is 3. The van der Waals surface area contributed by atoms with Crippen LogP contribution >= 0.6 is 0 Å². The van der Waals surface area contributed by atoms with E-state index in [2.05, 4.69) is 16.0 Å². The first-order valence-electron chi connectivity index (χ1n) is 7.00. The lowest BCUT2D eigenvalue weighted by molar-refractivity contribution is -0.122. The van der Waals surface area contributed by atoms with E-state index in [9.17, 15) is 9.59 Å². The molecule has 0 heterocycles. The Hall–Kier alpha value is -1.88.